The second-order valence-corrected chi connectivity index (χ2v) is 7.87. The van der Waals surface area contributed by atoms with Crippen molar-refractivity contribution in [1.82, 2.24) is 4.98 Å². The zero-order valence-electron chi connectivity index (χ0n) is 14.8. The normalized spacial score (nSPS) is 10.6. The Hall–Kier alpha value is -3.23. The highest BCUT2D eigenvalue weighted by atomic mass is 32.1. The molecule has 6 nitrogen and oxygen atoms in total. The van der Waals surface area contributed by atoms with E-state index in [4.69, 9.17) is 4.42 Å². The lowest BCUT2D eigenvalue weighted by Gasteiger charge is -2.02. The molecule has 4 rings (SSSR count). The third-order valence-electron chi connectivity index (χ3n) is 3.89. The molecule has 0 radical (unpaired) electrons. The molecule has 2 amide bonds. The summed E-state index contributed by atoms with van der Waals surface area (Å²) in [5.41, 5.74) is 2.23. The predicted octanol–water partition coefficient (Wildman–Crippen LogP) is 5.28. The first-order valence-electron chi connectivity index (χ1n) is 8.38. The first-order chi connectivity index (χ1) is 13.6. The monoisotopic (exact) mass is 409 g/mol. The lowest BCUT2D eigenvalue weighted by atomic mass is 10.1. The van der Waals surface area contributed by atoms with Crippen LogP contribution in [0.4, 0.5) is 10.1 Å². The number of nitrogens with one attached hydrogen (secondary N) is 2. The summed E-state index contributed by atoms with van der Waals surface area (Å²) < 4.78 is 5.14. The highest BCUT2D eigenvalue weighted by molar-refractivity contribution is 7.21. The molecule has 0 atom stereocenters. The van der Waals surface area contributed by atoms with E-state index in [2.05, 4.69) is 15.6 Å². The van der Waals surface area contributed by atoms with Crippen LogP contribution in [-0.4, -0.2) is 16.8 Å². The molecular formula is C20H15N3O3S2. The van der Waals surface area contributed by atoms with E-state index in [1.807, 2.05) is 36.6 Å². The average molecular weight is 409 g/mol. The van der Waals surface area contributed by atoms with Crippen LogP contribution in [0, 0.1) is 6.92 Å². The second-order valence-electron chi connectivity index (χ2n) is 5.93. The van der Waals surface area contributed by atoms with Crippen molar-refractivity contribution in [3.05, 3.63) is 77.1 Å². The number of nitrogens with zero attached hydrogens (tertiary/aromatic N) is 1. The van der Waals surface area contributed by atoms with Gasteiger partial charge in [0.2, 0.25) is 0 Å². The van der Waals surface area contributed by atoms with E-state index in [1.165, 1.54) is 28.9 Å². The molecule has 1 aromatic carbocycles. The standard InChI is InChI=1S/C20H15N3O3S2/c1-12-6-8-13(9-7-12)17(24)23-20-21-16(15-5-3-11-27-15)19(28-20)22-18(25)14-4-2-10-26-14/h2-11H,1H3,(H,22,25)(H,21,23,24). The van der Waals surface area contributed by atoms with E-state index < -0.39 is 0 Å². The molecule has 0 fully saturated rings. The molecule has 4 aromatic rings. The van der Waals surface area contributed by atoms with Gasteiger partial charge in [0.25, 0.3) is 11.8 Å². The lowest BCUT2D eigenvalue weighted by molar-refractivity contribution is 0.0995. The number of furan rings is 1. The number of hydrogen-bond donors (Lipinski definition) is 2. The molecule has 0 saturated heterocycles. The topological polar surface area (TPSA) is 84.2 Å². The van der Waals surface area contributed by atoms with E-state index in [-0.39, 0.29) is 17.6 Å². The van der Waals surface area contributed by atoms with Crippen molar-refractivity contribution in [3.8, 4) is 10.6 Å². The Balaban J connectivity index is 1.60. The van der Waals surface area contributed by atoms with Gasteiger partial charge in [0.1, 0.15) is 10.7 Å². The van der Waals surface area contributed by atoms with Gasteiger partial charge in [0.15, 0.2) is 10.9 Å². The molecule has 140 valence electrons. The summed E-state index contributed by atoms with van der Waals surface area (Å²) >= 11 is 2.70. The van der Waals surface area contributed by atoms with E-state index >= 15 is 0 Å². The van der Waals surface area contributed by atoms with Crippen LogP contribution in [0.15, 0.2) is 64.6 Å². The van der Waals surface area contributed by atoms with Gasteiger partial charge in [-0.3, -0.25) is 14.9 Å². The van der Waals surface area contributed by atoms with Crippen LogP contribution in [0.25, 0.3) is 10.6 Å². The lowest BCUT2D eigenvalue weighted by Crippen LogP contribution is -2.11. The number of carbonyl (C=O) groups excluding carboxylic acids is 2. The maximum absolute atomic E-state index is 12.5. The number of anilines is 2. The van der Waals surface area contributed by atoms with E-state index in [0.717, 1.165) is 10.4 Å². The number of amides is 2. The number of benzene rings is 1. The summed E-state index contributed by atoms with van der Waals surface area (Å²) in [6, 6.07) is 14.3. The number of aryl methyl sites for hydroxylation is 1. The summed E-state index contributed by atoms with van der Waals surface area (Å²) in [4.78, 5) is 30.3. The van der Waals surface area contributed by atoms with Gasteiger partial charge in [0, 0.05) is 5.56 Å². The molecule has 3 aromatic heterocycles. The number of hydrogen-bond acceptors (Lipinski definition) is 6. The quantitative estimate of drug-likeness (QED) is 0.470. The second kappa shape index (κ2) is 7.79. The SMILES string of the molecule is Cc1ccc(C(=O)Nc2nc(-c3cccs3)c(NC(=O)c3ccco3)s2)cc1. The highest BCUT2D eigenvalue weighted by Gasteiger charge is 2.19. The Kier molecular flexibility index (Phi) is 5.05. The average Bonchev–Trinajstić information content (AvgIpc) is 3.44. The number of rotatable bonds is 5. The van der Waals surface area contributed by atoms with Gasteiger partial charge in [-0.05, 0) is 42.6 Å². The van der Waals surface area contributed by atoms with Gasteiger partial charge >= 0.3 is 0 Å². The summed E-state index contributed by atoms with van der Waals surface area (Å²) in [5, 5.41) is 8.51. The van der Waals surface area contributed by atoms with Crippen LogP contribution in [0.3, 0.4) is 0 Å². The molecule has 0 saturated carbocycles. The van der Waals surface area contributed by atoms with Gasteiger partial charge < -0.3 is 9.73 Å². The van der Waals surface area contributed by atoms with Gasteiger partial charge in [0.05, 0.1) is 11.1 Å². The number of thiazole rings is 1. The van der Waals surface area contributed by atoms with E-state index in [0.29, 0.717) is 21.4 Å². The third kappa shape index (κ3) is 3.88. The van der Waals surface area contributed by atoms with Crippen LogP contribution in [0.1, 0.15) is 26.5 Å². The molecule has 0 unspecified atom stereocenters. The Labute approximate surface area is 168 Å². The Bertz CT molecular complexity index is 1100. The van der Waals surface area contributed by atoms with E-state index in [9.17, 15) is 9.59 Å². The minimum atomic E-state index is -0.372. The summed E-state index contributed by atoms with van der Waals surface area (Å²) in [7, 11) is 0. The molecule has 28 heavy (non-hydrogen) atoms. The summed E-state index contributed by atoms with van der Waals surface area (Å²) in [6.07, 6.45) is 1.44. The van der Waals surface area contributed by atoms with Crippen molar-refractivity contribution >= 4 is 44.6 Å². The van der Waals surface area contributed by atoms with Crippen LogP contribution in [0.2, 0.25) is 0 Å². The van der Waals surface area contributed by atoms with Crippen LogP contribution < -0.4 is 10.6 Å². The van der Waals surface area contributed by atoms with Crippen molar-refractivity contribution in [2.75, 3.05) is 10.6 Å². The van der Waals surface area contributed by atoms with Gasteiger partial charge in [-0.25, -0.2) is 4.98 Å². The van der Waals surface area contributed by atoms with Crippen molar-refractivity contribution < 1.29 is 14.0 Å². The molecule has 3 heterocycles. The third-order valence-corrected chi connectivity index (χ3v) is 5.65. The van der Waals surface area contributed by atoms with Crippen molar-refractivity contribution in [2.24, 2.45) is 0 Å². The first-order valence-corrected chi connectivity index (χ1v) is 10.1. The Morgan fingerprint density at radius 2 is 1.82 bits per heavy atom. The van der Waals surface area contributed by atoms with Gasteiger partial charge in [-0.1, -0.05) is 35.1 Å². The fraction of sp³-hybridized carbons (Fsp3) is 0.0500. The van der Waals surface area contributed by atoms with Crippen molar-refractivity contribution in [1.29, 1.82) is 0 Å². The molecule has 0 aliphatic heterocycles. The molecule has 0 bridgehead atoms. The first kappa shape index (κ1) is 18.1. The summed E-state index contributed by atoms with van der Waals surface area (Å²) in [6.45, 7) is 1.96. The minimum Gasteiger partial charge on any atom is -0.459 e. The molecular weight excluding hydrogens is 394 g/mol. The molecule has 0 spiro atoms. The van der Waals surface area contributed by atoms with Crippen LogP contribution in [-0.2, 0) is 0 Å². The smallest absolute Gasteiger partial charge is 0.292 e. The Morgan fingerprint density at radius 3 is 2.50 bits per heavy atom. The van der Waals surface area contributed by atoms with Crippen LogP contribution in [0.5, 0.6) is 0 Å². The van der Waals surface area contributed by atoms with Crippen molar-refractivity contribution in [2.45, 2.75) is 6.92 Å². The number of carbonyl (C=O) groups is 2. The molecule has 0 aliphatic rings. The molecule has 2 N–H and O–H groups in total. The van der Waals surface area contributed by atoms with Crippen molar-refractivity contribution in [3.63, 3.8) is 0 Å². The zero-order valence-corrected chi connectivity index (χ0v) is 16.4. The fourth-order valence-electron chi connectivity index (χ4n) is 2.49. The van der Waals surface area contributed by atoms with E-state index in [1.54, 1.807) is 24.3 Å². The highest BCUT2D eigenvalue weighted by Crippen LogP contribution is 2.38. The number of thiophene rings is 1. The maximum Gasteiger partial charge on any atom is 0.292 e. The Morgan fingerprint density at radius 1 is 1.00 bits per heavy atom. The minimum absolute atomic E-state index is 0.204. The van der Waals surface area contributed by atoms with Gasteiger partial charge in [-0.15, -0.1) is 11.3 Å². The predicted molar refractivity (Wildman–Crippen MR) is 111 cm³/mol. The molecule has 0 aliphatic carbocycles. The largest absolute Gasteiger partial charge is 0.459 e. The summed E-state index contributed by atoms with van der Waals surface area (Å²) in [5.74, 6) is -0.422. The van der Waals surface area contributed by atoms with Gasteiger partial charge in [-0.2, -0.15) is 0 Å². The fourth-order valence-corrected chi connectivity index (χ4v) is 4.14. The van der Waals surface area contributed by atoms with Crippen LogP contribution >= 0.6 is 22.7 Å². The number of aromatic nitrogens is 1. The maximum atomic E-state index is 12.5. The molecule has 8 heteroatoms. The zero-order chi connectivity index (χ0) is 19.5.